The van der Waals surface area contributed by atoms with Crippen molar-refractivity contribution in [1.82, 2.24) is 4.90 Å². The van der Waals surface area contributed by atoms with Crippen molar-refractivity contribution in [3.63, 3.8) is 0 Å². The first-order valence-corrected chi connectivity index (χ1v) is 6.48. The van der Waals surface area contributed by atoms with E-state index in [9.17, 15) is 0 Å². The molecule has 2 heterocycles. The molecule has 0 amide bonds. The molecule has 2 unspecified atom stereocenters. The van der Waals surface area contributed by atoms with E-state index in [0.717, 1.165) is 12.6 Å². The molecule has 76 valence electrons. The van der Waals surface area contributed by atoms with Crippen molar-refractivity contribution in [1.29, 1.82) is 0 Å². The van der Waals surface area contributed by atoms with E-state index in [1.54, 1.807) is 0 Å². The van der Waals surface area contributed by atoms with Crippen LogP contribution in [0.4, 0.5) is 0 Å². The average molecular weight is 201 g/mol. The van der Waals surface area contributed by atoms with Gasteiger partial charge in [-0.2, -0.15) is 11.8 Å². The monoisotopic (exact) mass is 201 g/mol. The predicted octanol–water partition coefficient (Wildman–Crippen LogP) is 1.20. The lowest BCUT2D eigenvalue weighted by molar-refractivity contribution is 0.0958. The van der Waals surface area contributed by atoms with Crippen molar-refractivity contribution >= 4 is 11.8 Å². The van der Waals surface area contributed by atoms with Crippen molar-refractivity contribution in [3.8, 4) is 0 Å². The van der Waals surface area contributed by atoms with Crippen LogP contribution in [0.3, 0.4) is 0 Å². The molecule has 0 spiro atoms. The number of likely N-dealkylation sites (tertiary alicyclic amines) is 1. The zero-order valence-corrected chi connectivity index (χ0v) is 8.93. The van der Waals surface area contributed by atoms with E-state index in [-0.39, 0.29) is 0 Å². The van der Waals surface area contributed by atoms with Crippen LogP contribution >= 0.6 is 11.8 Å². The van der Waals surface area contributed by atoms with Crippen LogP contribution in [0.25, 0.3) is 0 Å². The van der Waals surface area contributed by atoms with Crippen LogP contribution in [0.5, 0.6) is 0 Å². The standard InChI is InChI=1S/C10H19NOS/c12-7-9-2-1-4-11(6-9)10-3-5-13-8-10/h9-10,12H,1-8H2. The van der Waals surface area contributed by atoms with E-state index in [1.807, 2.05) is 0 Å². The van der Waals surface area contributed by atoms with Crippen molar-refractivity contribution in [2.45, 2.75) is 25.3 Å². The molecule has 0 aromatic heterocycles. The maximum Gasteiger partial charge on any atom is 0.0471 e. The number of thioether (sulfide) groups is 1. The van der Waals surface area contributed by atoms with E-state index in [0.29, 0.717) is 12.5 Å². The molecule has 2 aliphatic heterocycles. The lowest BCUT2D eigenvalue weighted by Crippen LogP contribution is -2.43. The topological polar surface area (TPSA) is 23.5 Å². The molecule has 2 nitrogen and oxygen atoms in total. The summed E-state index contributed by atoms with van der Waals surface area (Å²) in [5.74, 6) is 3.21. The summed E-state index contributed by atoms with van der Waals surface area (Å²) in [7, 11) is 0. The molecule has 2 atom stereocenters. The Kier molecular flexibility index (Phi) is 3.52. The molecule has 3 heteroatoms. The minimum Gasteiger partial charge on any atom is -0.396 e. The number of nitrogens with zero attached hydrogens (tertiary/aromatic N) is 1. The Morgan fingerprint density at radius 3 is 3.00 bits per heavy atom. The summed E-state index contributed by atoms with van der Waals surface area (Å²) >= 11 is 2.08. The summed E-state index contributed by atoms with van der Waals surface area (Å²) in [5, 5.41) is 9.12. The van der Waals surface area contributed by atoms with Gasteiger partial charge in [0.1, 0.15) is 0 Å². The summed E-state index contributed by atoms with van der Waals surface area (Å²) < 4.78 is 0. The van der Waals surface area contributed by atoms with Gasteiger partial charge < -0.3 is 5.11 Å². The van der Waals surface area contributed by atoms with Gasteiger partial charge in [-0.1, -0.05) is 0 Å². The van der Waals surface area contributed by atoms with Gasteiger partial charge in [-0.25, -0.2) is 0 Å². The molecule has 2 rings (SSSR count). The van der Waals surface area contributed by atoms with E-state index in [1.165, 1.54) is 37.3 Å². The fourth-order valence-corrected chi connectivity index (χ4v) is 3.64. The molecule has 0 aromatic carbocycles. The molecule has 2 aliphatic rings. The minimum atomic E-state index is 0.385. The minimum absolute atomic E-state index is 0.385. The summed E-state index contributed by atoms with van der Waals surface area (Å²) in [6.45, 7) is 2.79. The molecule has 2 saturated heterocycles. The zero-order valence-electron chi connectivity index (χ0n) is 8.11. The second-order valence-corrected chi connectivity index (χ2v) is 5.35. The van der Waals surface area contributed by atoms with Gasteiger partial charge in [0, 0.05) is 24.9 Å². The smallest absolute Gasteiger partial charge is 0.0471 e. The summed E-state index contributed by atoms with van der Waals surface area (Å²) in [6.07, 6.45) is 3.88. The Balaban J connectivity index is 1.84. The van der Waals surface area contributed by atoms with E-state index in [4.69, 9.17) is 5.11 Å². The molecule has 0 radical (unpaired) electrons. The van der Waals surface area contributed by atoms with Crippen LogP contribution in [0.1, 0.15) is 19.3 Å². The second-order valence-electron chi connectivity index (χ2n) is 4.20. The first-order valence-electron chi connectivity index (χ1n) is 5.33. The number of piperidine rings is 1. The predicted molar refractivity (Wildman–Crippen MR) is 57.1 cm³/mol. The van der Waals surface area contributed by atoms with Gasteiger partial charge in [-0.3, -0.25) is 4.90 Å². The number of hydrogen-bond donors (Lipinski definition) is 1. The zero-order chi connectivity index (χ0) is 9.10. The third kappa shape index (κ3) is 2.39. The summed E-state index contributed by atoms with van der Waals surface area (Å²) in [5.41, 5.74) is 0. The number of hydrogen-bond acceptors (Lipinski definition) is 3. The molecule has 0 saturated carbocycles. The Morgan fingerprint density at radius 1 is 1.38 bits per heavy atom. The quantitative estimate of drug-likeness (QED) is 0.726. The fraction of sp³-hybridized carbons (Fsp3) is 1.00. The van der Waals surface area contributed by atoms with Crippen molar-refractivity contribution in [3.05, 3.63) is 0 Å². The van der Waals surface area contributed by atoms with Gasteiger partial charge in [0.2, 0.25) is 0 Å². The Labute approximate surface area is 84.7 Å². The van der Waals surface area contributed by atoms with Gasteiger partial charge in [0.05, 0.1) is 0 Å². The maximum absolute atomic E-state index is 9.12. The Hall–Kier alpha value is 0.270. The SMILES string of the molecule is OCC1CCCN(C2CCSC2)C1. The maximum atomic E-state index is 9.12. The van der Waals surface area contributed by atoms with Crippen LogP contribution < -0.4 is 0 Å². The summed E-state index contributed by atoms with van der Waals surface area (Å²) in [4.78, 5) is 2.60. The lowest BCUT2D eigenvalue weighted by atomic mass is 9.97. The van der Waals surface area contributed by atoms with Crippen LogP contribution in [0.2, 0.25) is 0 Å². The van der Waals surface area contributed by atoms with Gasteiger partial charge in [0.15, 0.2) is 0 Å². The largest absolute Gasteiger partial charge is 0.396 e. The van der Waals surface area contributed by atoms with Crippen molar-refractivity contribution in [2.24, 2.45) is 5.92 Å². The molecule has 2 fully saturated rings. The van der Waals surface area contributed by atoms with Crippen LogP contribution in [-0.4, -0.2) is 47.3 Å². The first kappa shape index (κ1) is 9.81. The third-order valence-corrected chi connectivity index (χ3v) is 4.38. The molecule has 0 aliphatic carbocycles. The number of rotatable bonds is 2. The highest BCUT2D eigenvalue weighted by Gasteiger charge is 2.27. The first-order chi connectivity index (χ1) is 6.40. The molecular formula is C10H19NOS. The van der Waals surface area contributed by atoms with Crippen LogP contribution in [-0.2, 0) is 0 Å². The highest BCUT2D eigenvalue weighted by molar-refractivity contribution is 7.99. The molecular weight excluding hydrogens is 182 g/mol. The third-order valence-electron chi connectivity index (χ3n) is 3.23. The van der Waals surface area contributed by atoms with Crippen molar-refractivity contribution < 1.29 is 5.11 Å². The normalized spacial score (nSPS) is 36.7. The lowest BCUT2D eigenvalue weighted by Gasteiger charge is -2.35. The average Bonchev–Trinajstić information content (AvgIpc) is 2.71. The van der Waals surface area contributed by atoms with E-state index in [2.05, 4.69) is 16.7 Å². The van der Waals surface area contributed by atoms with Crippen LogP contribution in [0.15, 0.2) is 0 Å². The molecule has 0 bridgehead atoms. The molecule has 13 heavy (non-hydrogen) atoms. The Morgan fingerprint density at radius 2 is 2.31 bits per heavy atom. The van der Waals surface area contributed by atoms with Gasteiger partial charge in [0.25, 0.3) is 0 Å². The van der Waals surface area contributed by atoms with Gasteiger partial charge in [-0.05, 0) is 37.5 Å². The van der Waals surface area contributed by atoms with E-state index >= 15 is 0 Å². The Bertz CT molecular complexity index is 159. The highest BCUT2D eigenvalue weighted by Crippen LogP contribution is 2.26. The second kappa shape index (κ2) is 4.67. The van der Waals surface area contributed by atoms with Crippen molar-refractivity contribution in [2.75, 3.05) is 31.2 Å². The van der Waals surface area contributed by atoms with Gasteiger partial charge >= 0.3 is 0 Å². The number of aliphatic hydroxyl groups excluding tert-OH is 1. The van der Waals surface area contributed by atoms with E-state index < -0.39 is 0 Å². The molecule has 1 N–H and O–H groups in total. The fourth-order valence-electron chi connectivity index (χ4n) is 2.39. The molecule has 0 aromatic rings. The van der Waals surface area contributed by atoms with Gasteiger partial charge in [-0.15, -0.1) is 0 Å². The number of aliphatic hydroxyl groups is 1. The summed E-state index contributed by atoms with van der Waals surface area (Å²) in [6, 6.07) is 0.819. The van der Waals surface area contributed by atoms with Crippen LogP contribution in [0, 0.1) is 5.92 Å². The highest BCUT2D eigenvalue weighted by atomic mass is 32.2.